The number of rotatable bonds is 6. The molecule has 0 aromatic carbocycles. The Morgan fingerprint density at radius 3 is 2.67 bits per heavy atom. The molecule has 2 N–H and O–H groups in total. The first kappa shape index (κ1) is 16.2. The van der Waals surface area contributed by atoms with Crippen molar-refractivity contribution in [1.29, 1.82) is 0 Å². The Bertz CT molecular complexity index is 552. The Labute approximate surface area is 127 Å². The standard InChI is InChI=1S/C15H25N3O2S/c1-3-10-16-14-5-4-11-17-15(14)21(19,20)18-13-8-6-12(2)7-9-13/h4-5,11-13,16,18H,3,6-10H2,1-2H3. The van der Waals surface area contributed by atoms with E-state index in [9.17, 15) is 8.42 Å². The second kappa shape index (κ2) is 7.22. The fourth-order valence-electron chi connectivity index (χ4n) is 2.65. The topological polar surface area (TPSA) is 71.1 Å². The van der Waals surface area contributed by atoms with E-state index < -0.39 is 10.0 Å². The summed E-state index contributed by atoms with van der Waals surface area (Å²) in [5.74, 6) is 0.697. The van der Waals surface area contributed by atoms with Crippen LogP contribution >= 0.6 is 0 Å². The molecule has 2 rings (SSSR count). The van der Waals surface area contributed by atoms with Crippen LogP contribution in [0.3, 0.4) is 0 Å². The third-order valence-electron chi connectivity index (χ3n) is 3.93. The van der Waals surface area contributed by atoms with Crippen molar-refractivity contribution >= 4 is 15.7 Å². The Morgan fingerprint density at radius 2 is 2.00 bits per heavy atom. The molecule has 0 aliphatic heterocycles. The smallest absolute Gasteiger partial charge is 0.260 e. The van der Waals surface area contributed by atoms with Crippen molar-refractivity contribution in [2.45, 2.75) is 57.0 Å². The van der Waals surface area contributed by atoms with Gasteiger partial charge in [-0.25, -0.2) is 18.1 Å². The molecule has 1 aliphatic carbocycles. The van der Waals surface area contributed by atoms with E-state index in [1.54, 1.807) is 12.1 Å². The number of nitrogens with one attached hydrogen (secondary N) is 2. The van der Waals surface area contributed by atoms with E-state index in [0.29, 0.717) is 11.6 Å². The van der Waals surface area contributed by atoms with Crippen LogP contribution in [0.25, 0.3) is 0 Å². The van der Waals surface area contributed by atoms with Crippen molar-refractivity contribution in [3.05, 3.63) is 18.3 Å². The molecule has 0 saturated heterocycles. The summed E-state index contributed by atoms with van der Waals surface area (Å²) in [4.78, 5) is 4.07. The van der Waals surface area contributed by atoms with Crippen molar-refractivity contribution in [3.8, 4) is 0 Å². The molecule has 0 unspecified atom stereocenters. The van der Waals surface area contributed by atoms with Crippen LogP contribution in [0.4, 0.5) is 5.69 Å². The molecule has 0 radical (unpaired) electrons. The van der Waals surface area contributed by atoms with Crippen LogP contribution in [0, 0.1) is 5.92 Å². The SMILES string of the molecule is CCCNc1cccnc1S(=O)(=O)NC1CCC(C)CC1. The van der Waals surface area contributed by atoms with E-state index in [1.807, 2.05) is 6.92 Å². The van der Waals surface area contributed by atoms with Gasteiger partial charge in [0.2, 0.25) is 0 Å². The maximum absolute atomic E-state index is 12.6. The van der Waals surface area contributed by atoms with Gasteiger partial charge in [0.1, 0.15) is 0 Å². The lowest BCUT2D eigenvalue weighted by atomic mass is 9.88. The monoisotopic (exact) mass is 311 g/mol. The number of sulfonamides is 1. The van der Waals surface area contributed by atoms with Gasteiger partial charge in [-0.3, -0.25) is 0 Å². The summed E-state index contributed by atoms with van der Waals surface area (Å²) in [6.45, 7) is 4.99. The molecule has 1 aromatic rings. The summed E-state index contributed by atoms with van der Waals surface area (Å²) in [6, 6.07) is 3.55. The van der Waals surface area contributed by atoms with Crippen LogP contribution in [0.2, 0.25) is 0 Å². The maximum Gasteiger partial charge on any atom is 0.260 e. The normalized spacial score (nSPS) is 23.0. The molecule has 1 heterocycles. The van der Waals surface area contributed by atoms with Gasteiger partial charge in [0.25, 0.3) is 10.0 Å². The quantitative estimate of drug-likeness (QED) is 0.847. The predicted molar refractivity (Wildman–Crippen MR) is 84.8 cm³/mol. The molecule has 1 aliphatic rings. The minimum Gasteiger partial charge on any atom is -0.383 e. The summed E-state index contributed by atoms with van der Waals surface area (Å²) in [6.07, 6.45) is 6.43. The number of nitrogens with zero attached hydrogens (tertiary/aromatic N) is 1. The van der Waals surface area contributed by atoms with Gasteiger partial charge in [0.05, 0.1) is 5.69 Å². The predicted octanol–water partition coefficient (Wildman–Crippen LogP) is 2.76. The van der Waals surface area contributed by atoms with Crippen LogP contribution in [0.1, 0.15) is 46.0 Å². The zero-order valence-electron chi connectivity index (χ0n) is 12.8. The number of aromatic nitrogens is 1. The Balaban J connectivity index is 2.12. The van der Waals surface area contributed by atoms with Crippen molar-refractivity contribution in [2.75, 3.05) is 11.9 Å². The van der Waals surface area contributed by atoms with Gasteiger partial charge in [0.15, 0.2) is 5.03 Å². The second-order valence-corrected chi connectivity index (χ2v) is 7.49. The Kier molecular flexibility index (Phi) is 5.58. The van der Waals surface area contributed by atoms with Crippen molar-refractivity contribution in [1.82, 2.24) is 9.71 Å². The molecule has 1 aromatic heterocycles. The molecular formula is C15H25N3O2S. The first-order chi connectivity index (χ1) is 10.0. The number of hydrogen-bond donors (Lipinski definition) is 2. The van der Waals surface area contributed by atoms with E-state index in [-0.39, 0.29) is 11.1 Å². The van der Waals surface area contributed by atoms with Crippen molar-refractivity contribution in [2.24, 2.45) is 5.92 Å². The lowest BCUT2D eigenvalue weighted by Gasteiger charge is -2.26. The average Bonchev–Trinajstić information content (AvgIpc) is 2.47. The van der Waals surface area contributed by atoms with Gasteiger partial charge in [-0.15, -0.1) is 0 Å². The number of anilines is 1. The molecule has 0 bridgehead atoms. The Hall–Kier alpha value is -1.14. The molecule has 0 spiro atoms. The van der Waals surface area contributed by atoms with Gasteiger partial charge in [-0.05, 0) is 50.2 Å². The minimum atomic E-state index is -3.56. The highest BCUT2D eigenvalue weighted by Crippen LogP contribution is 2.25. The minimum absolute atomic E-state index is 0.0345. The first-order valence-corrected chi connectivity index (χ1v) is 9.22. The summed E-state index contributed by atoms with van der Waals surface area (Å²) in [5, 5.41) is 3.24. The summed E-state index contributed by atoms with van der Waals surface area (Å²) < 4.78 is 27.9. The Morgan fingerprint density at radius 1 is 1.29 bits per heavy atom. The van der Waals surface area contributed by atoms with Crippen molar-refractivity contribution < 1.29 is 8.42 Å². The first-order valence-electron chi connectivity index (χ1n) is 7.74. The number of hydrogen-bond acceptors (Lipinski definition) is 4. The third kappa shape index (κ3) is 4.41. The largest absolute Gasteiger partial charge is 0.383 e. The average molecular weight is 311 g/mol. The van der Waals surface area contributed by atoms with Crippen LogP contribution in [0.15, 0.2) is 23.4 Å². The summed E-state index contributed by atoms with van der Waals surface area (Å²) in [5.41, 5.74) is 0.580. The van der Waals surface area contributed by atoms with E-state index >= 15 is 0 Å². The molecule has 1 saturated carbocycles. The second-order valence-electron chi connectivity index (χ2n) is 5.86. The zero-order chi connectivity index (χ0) is 15.3. The molecule has 6 heteroatoms. The fraction of sp³-hybridized carbons (Fsp3) is 0.667. The molecular weight excluding hydrogens is 286 g/mol. The highest BCUT2D eigenvalue weighted by molar-refractivity contribution is 7.89. The van der Waals surface area contributed by atoms with Crippen molar-refractivity contribution in [3.63, 3.8) is 0 Å². The zero-order valence-corrected chi connectivity index (χ0v) is 13.6. The molecule has 118 valence electrons. The molecule has 0 amide bonds. The molecule has 0 atom stereocenters. The molecule has 1 fully saturated rings. The van der Waals surface area contributed by atoms with Gasteiger partial charge < -0.3 is 5.32 Å². The van der Waals surface area contributed by atoms with Crippen LogP contribution in [-0.4, -0.2) is 26.0 Å². The summed E-state index contributed by atoms with van der Waals surface area (Å²) >= 11 is 0. The van der Waals surface area contributed by atoms with Crippen LogP contribution < -0.4 is 10.0 Å². The lowest BCUT2D eigenvalue weighted by molar-refractivity contribution is 0.332. The van der Waals surface area contributed by atoms with E-state index in [0.717, 1.165) is 38.6 Å². The van der Waals surface area contributed by atoms with Crippen LogP contribution in [-0.2, 0) is 10.0 Å². The molecule has 21 heavy (non-hydrogen) atoms. The maximum atomic E-state index is 12.6. The fourth-order valence-corrected chi connectivity index (χ4v) is 4.07. The lowest BCUT2D eigenvalue weighted by Crippen LogP contribution is -2.38. The van der Waals surface area contributed by atoms with Gasteiger partial charge in [-0.2, -0.15) is 0 Å². The van der Waals surface area contributed by atoms with Gasteiger partial charge in [0, 0.05) is 18.8 Å². The van der Waals surface area contributed by atoms with Gasteiger partial charge >= 0.3 is 0 Å². The van der Waals surface area contributed by atoms with E-state index in [2.05, 4.69) is 21.9 Å². The third-order valence-corrected chi connectivity index (χ3v) is 5.41. The van der Waals surface area contributed by atoms with Gasteiger partial charge in [-0.1, -0.05) is 13.8 Å². The number of pyridine rings is 1. The molecule has 5 nitrogen and oxygen atoms in total. The van der Waals surface area contributed by atoms with E-state index in [4.69, 9.17) is 0 Å². The highest BCUT2D eigenvalue weighted by Gasteiger charge is 2.26. The van der Waals surface area contributed by atoms with E-state index in [1.165, 1.54) is 6.20 Å². The van der Waals surface area contributed by atoms with Crippen LogP contribution in [0.5, 0.6) is 0 Å². The summed E-state index contributed by atoms with van der Waals surface area (Å²) in [7, 11) is -3.56. The highest BCUT2D eigenvalue weighted by atomic mass is 32.2.